The summed E-state index contributed by atoms with van der Waals surface area (Å²) in [5.41, 5.74) is 5.61. The van der Waals surface area contributed by atoms with Gasteiger partial charge in [0.25, 0.3) is 17.6 Å². The molecule has 5 heterocycles. The van der Waals surface area contributed by atoms with Crippen LogP contribution in [0.4, 0.5) is 5.13 Å². The van der Waals surface area contributed by atoms with E-state index in [-0.39, 0.29) is 44.5 Å². The van der Waals surface area contributed by atoms with E-state index >= 15 is 0 Å². The number of thioether (sulfide) groups is 2. The number of aromatic hydroxyl groups is 4. The van der Waals surface area contributed by atoms with Crippen molar-refractivity contribution in [2.24, 2.45) is 5.16 Å². The van der Waals surface area contributed by atoms with Crippen LogP contribution in [-0.2, 0) is 44.6 Å². The number of amides is 2. The third kappa shape index (κ3) is 8.33. The molecule has 2 amide bonds. The van der Waals surface area contributed by atoms with Crippen LogP contribution < -0.4 is 11.1 Å². The summed E-state index contributed by atoms with van der Waals surface area (Å²) >= 11 is 3.23. The predicted molar refractivity (Wildman–Crippen MR) is 213 cm³/mol. The summed E-state index contributed by atoms with van der Waals surface area (Å²) in [5.74, 6) is -7.24. The maximum atomic E-state index is 13.5. The number of nitrogens with one attached hydrogen (secondary N) is 1. The Hall–Kier alpha value is -6.16. The summed E-state index contributed by atoms with van der Waals surface area (Å²) in [4.78, 5) is 57.6. The predicted octanol–water partition coefficient (Wildman–Crippen LogP) is 0.951. The van der Waals surface area contributed by atoms with E-state index in [0.717, 1.165) is 64.4 Å². The number of aliphatic carboxylic acids is 1. The van der Waals surface area contributed by atoms with Gasteiger partial charge in [0.15, 0.2) is 49.5 Å². The molecule has 1 saturated heterocycles. The Morgan fingerprint density at radius 3 is 2.27 bits per heavy atom. The number of rotatable bonds is 14. The SMILES string of the molecule is Cc1cc(SCC2=C(C(=O)O)N3C(=O)[C@@H](NC(=O)/C(=N\OCS(=O)(=O)c4ccc(O)c(O)c4)c4csc(N)n4)[C@H]3SC2)n2nc(CS(=O)(=O)c3ccc(O)c(O)c3)nc2n1. The molecule has 0 spiro atoms. The van der Waals surface area contributed by atoms with Gasteiger partial charge in [-0.1, -0.05) is 5.16 Å². The van der Waals surface area contributed by atoms with Gasteiger partial charge in [-0.2, -0.15) is 9.50 Å². The number of hydrogen-bond donors (Lipinski definition) is 7. The average molecular weight is 920 g/mol. The number of phenolic OH excluding ortho intramolecular Hbond substituents is 4. The Balaban J connectivity index is 1.06. The quantitative estimate of drug-likeness (QED) is 0.0204. The van der Waals surface area contributed by atoms with Gasteiger partial charge in [-0.15, -0.1) is 40.0 Å². The monoisotopic (exact) mass is 919 g/mol. The van der Waals surface area contributed by atoms with Gasteiger partial charge in [0, 0.05) is 34.7 Å². The maximum Gasteiger partial charge on any atom is 0.352 e. The standard InChI is InChI=1S/C33H29N9O13S5/c1-14-6-24(42-33(35-14)37-23(39-42)12-59(51,52)16-2-4-19(43)21(45)7-16)56-9-15-10-57-30-26(29(48)41(30)27(15)31(49)50)38-28(47)25(18-11-58-32(34)36-18)40-55-13-60(53,54)17-3-5-20(44)22(46)8-17/h2-8,11,26,30,43-46H,9-10,12-13H2,1H3,(H2,34,36)(H,38,47)(H,49,50)/b40-25-/t26-,30-/m1/s1. The number of benzene rings is 2. The molecule has 2 atom stereocenters. The van der Waals surface area contributed by atoms with E-state index < -0.39 is 94.2 Å². The molecule has 2 aromatic carbocycles. The zero-order valence-corrected chi connectivity index (χ0v) is 34.4. The number of aromatic nitrogens is 5. The number of carboxylic acid groups (broad SMARTS) is 1. The molecule has 27 heteroatoms. The molecular formula is C33H29N9O13S5. The van der Waals surface area contributed by atoms with Crippen LogP contribution in [0.15, 0.2) is 79.1 Å². The molecule has 0 radical (unpaired) electrons. The lowest BCUT2D eigenvalue weighted by Gasteiger charge is -2.49. The van der Waals surface area contributed by atoms with Gasteiger partial charge in [-0.3, -0.25) is 14.5 Å². The molecule has 0 aliphatic carbocycles. The van der Waals surface area contributed by atoms with Gasteiger partial charge in [-0.05, 0) is 42.8 Å². The molecule has 22 nitrogen and oxygen atoms in total. The third-order valence-corrected chi connectivity index (χ3v) is 14.7. The van der Waals surface area contributed by atoms with Crippen molar-refractivity contribution in [3.63, 3.8) is 0 Å². The Morgan fingerprint density at radius 2 is 1.65 bits per heavy atom. The summed E-state index contributed by atoms with van der Waals surface area (Å²) in [5, 5.41) is 60.3. The van der Waals surface area contributed by atoms with Crippen molar-refractivity contribution in [1.82, 2.24) is 34.8 Å². The van der Waals surface area contributed by atoms with Gasteiger partial charge >= 0.3 is 5.97 Å². The van der Waals surface area contributed by atoms with E-state index in [2.05, 4.69) is 30.5 Å². The fraction of sp³-hybridized carbons (Fsp3) is 0.212. The molecule has 0 saturated carbocycles. The number of carboxylic acids is 1. The largest absolute Gasteiger partial charge is 0.504 e. The first-order chi connectivity index (χ1) is 28.3. The highest BCUT2D eigenvalue weighted by Gasteiger charge is 2.54. The lowest BCUT2D eigenvalue weighted by atomic mass is 10.0. The van der Waals surface area contributed by atoms with E-state index in [1.54, 1.807) is 13.0 Å². The molecule has 0 unspecified atom stereocenters. The van der Waals surface area contributed by atoms with Gasteiger partial charge in [0.2, 0.25) is 15.8 Å². The Labute approximate surface area is 350 Å². The number of hydrogen-bond acceptors (Lipinski definition) is 21. The number of carbonyl (C=O) groups excluding carboxylic acids is 2. The van der Waals surface area contributed by atoms with Gasteiger partial charge < -0.3 is 41.4 Å². The molecule has 2 aliphatic rings. The smallest absolute Gasteiger partial charge is 0.352 e. The Kier molecular flexibility index (Phi) is 11.3. The minimum atomic E-state index is -4.26. The number of fused-ring (bicyclic) bond motifs is 2. The first-order valence-electron chi connectivity index (χ1n) is 16.8. The van der Waals surface area contributed by atoms with Crippen LogP contribution in [0.2, 0.25) is 0 Å². The third-order valence-electron chi connectivity index (χ3n) is 8.66. The summed E-state index contributed by atoms with van der Waals surface area (Å²) in [6, 6.07) is 6.23. The number of nitrogen functional groups attached to an aromatic ring is 1. The lowest BCUT2D eigenvalue weighted by Crippen LogP contribution is -2.71. The van der Waals surface area contributed by atoms with E-state index in [0.29, 0.717) is 16.3 Å². The number of nitrogens with two attached hydrogens (primary N) is 1. The molecule has 2 aliphatic heterocycles. The van der Waals surface area contributed by atoms with E-state index in [1.807, 2.05) is 0 Å². The molecule has 0 bridgehead atoms. The fourth-order valence-electron chi connectivity index (χ4n) is 5.80. The Bertz CT molecular complexity index is 2900. The highest BCUT2D eigenvalue weighted by molar-refractivity contribution is 8.01. The fourth-order valence-corrected chi connectivity index (χ4v) is 11.0. The highest BCUT2D eigenvalue weighted by Crippen LogP contribution is 2.42. The zero-order chi connectivity index (χ0) is 43.3. The van der Waals surface area contributed by atoms with Gasteiger partial charge in [0.1, 0.15) is 33.6 Å². The van der Waals surface area contributed by atoms with Crippen molar-refractivity contribution in [3.05, 3.63) is 76.3 Å². The summed E-state index contributed by atoms with van der Waals surface area (Å²) in [7, 11) is -8.33. The number of oxime groups is 1. The molecule has 3 aromatic heterocycles. The number of anilines is 1. The van der Waals surface area contributed by atoms with Gasteiger partial charge in [-0.25, -0.2) is 31.6 Å². The normalized spacial score (nSPS) is 17.1. The minimum absolute atomic E-state index is 0.0282. The summed E-state index contributed by atoms with van der Waals surface area (Å²) in [6.45, 7) is 1.67. The van der Waals surface area contributed by atoms with Crippen LogP contribution in [-0.4, -0.2) is 124 Å². The topological polar surface area (TPSA) is 339 Å². The number of phenols is 4. The van der Waals surface area contributed by atoms with Crippen LogP contribution in [0.25, 0.3) is 5.78 Å². The summed E-state index contributed by atoms with van der Waals surface area (Å²) < 4.78 is 52.9. The first kappa shape index (κ1) is 42.0. The van der Waals surface area contributed by atoms with Crippen LogP contribution in [0.1, 0.15) is 17.2 Å². The second-order valence-electron chi connectivity index (χ2n) is 12.8. The second kappa shape index (κ2) is 16.1. The lowest BCUT2D eigenvalue weighted by molar-refractivity contribution is -0.150. The van der Waals surface area contributed by atoms with Crippen molar-refractivity contribution in [1.29, 1.82) is 0 Å². The number of carbonyl (C=O) groups is 3. The molecule has 314 valence electrons. The van der Waals surface area contributed by atoms with E-state index in [4.69, 9.17) is 10.6 Å². The molecule has 60 heavy (non-hydrogen) atoms. The number of thiazole rings is 1. The van der Waals surface area contributed by atoms with Crippen molar-refractivity contribution in [2.75, 3.05) is 23.2 Å². The van der Waals surface area contributed by atoms with E-state index in [1.165, 1.54) is 21.7 Å². The van der Waals surface area contributed by atoms with Crippen LogP contribution in [0.3, 0.4) is 0 Å². The average Bonchev–Trinajstić information content (AvgIpc) is 3.80. The number of sulfone groups is 2. The van der Waals surface area contributed by atoms with Crippen molar-refractivity contribution >= 4 is 88.9 Å². The maximum absolute atomic E-state index is 13.5. The number of β-lactam (4-membered cyclic amide) rings is 1. The number of aryl methyl sites for hydroxylation is 1. The molecule has 8 N–H and O–H groups in total. The Morgan fingerprint density at radius 1 is 0.983 bits per heavy atom. The van der Waals surface area contributed by atoms with Crippen molar-refractivity contribution < 1.29 is 61.6 Å². The zero-order valence-electron chi connectivity index (χ0n) is 30.4. The van der Waals surface area contributed by atoms with Crippen LogP contribution >= 0.6 is 34.9 Å². The minimum Gasteiger partial charge on any atom is -0.504 e. The summed E-state index contributed by atoms with van der Waals surface area (Å²) in [6.07, 6.45) is 0. The molecule has 7 rings (SSSR count). The highest BCUT2D eigenvalue weighted by atomic mass is 32.2. The molecule has 5 aromatic rings. The van der Waals surface area contributed by atoms with Crippen LogP contribution in [0.5, 0.6) is 23.0 Å². The van der Waals surface area contributed by atoms with Crippen LogP contribution in [0, 0.1) is 6.92 Å². The molecular weight excluding hydrogens is 891 g/mol. The van der Waals surface area contributed by atoms with E-state index in [9.17, 15) is 56.8 Å². The van der Waals surface area contributed by atoms with Crippen molar-refractivity contribution in [3.8, 4) is 23.0 Å². The second-order valence-corrected chi connectivity index (χ2v) is 19.7. The number of nitrogens with zero attached hydrogens (tertiary/aromatic N) is 7. The molecule has 1 fully saturated rings. The van der Waals surface area contributed by atoms with Crippen molar-refractivity contribution in [2.45, 2.75) is 38.9 Å². The van der Waals surface area contributed by atoms with Gasteiger partial charge in [0.05, 0.1) is 9.79 Å². The first-order valence-corrected chi connectivity index (χ1v) is 23.0.